The fourth-order valence-electron chi connectivity index (χ4n) is 3.86. The van der Waals surface area contributed by atoms with Gasteiger partial charge in [-0.3, -0.25) is 9.10 Å². The van der Waals surface area contributed by atoms with Crippen LogP contribution in [0.5, 0.6) is 0 Å². The quantitative estimate of drug-likeness (QED) is 0.884. The van der Waals surface area contributed by atoms with Crippen molar-refractivity contribution in [3.63, 3.8) is 0 Å². The highest BCUT2D eigenvalue weighted by molar-refractivity contribution is 7.92. The van der Waals surface area contributed by atoms with Gasteiger partial charge in [0.1, 0.15) is 0 Å². The van der Waals surface area contributed by atoms with Crippen molar-refractivity contribution in [1.82, 2.24) is 4.90 Å². The largest absolute Gasteiger partial charge is 0.396 e. The predicted octanol–water partition coefficient (Wildman–Crippen LogP) is 1.10. The number of aliphatic hydroxyl groups is 1. The number of carbonyl (C=O) groups is 1. The number of hydrogen-bond donors (Lipinski definition) is 1. The molecule has 1 amide bonds. The minimum Gasteiger partial charge on any atom is -0.396 e. The highest BCUT2D eigenvalue weighted by atomic mass is 32.2. The molecule has 2 aliphatic rings. The van der Waals surface area contributed by atoms with Gasteiger partial charge in [-0.2, -0.15) is 0 Å². The highest BCUT2D eigenvalue weighted by Gasteiger charge is 2.35. The summed E-state index contributed by atoms with van der Waals surface area (Å²) in [5.41, 5.74) is 2.15. The molecule has 1 unspecified atom stereocenters. The number of nitrogens with zero attached hydrogens (tertiary/aromatic N) is 2. The number of sulfonamides is 1. The Labute approximate surface area is 143 Å². The molecular formula is C17H24N2O4S. The number of aliphatic hydroxyl groups excluding tert-OH is 1. The van der Waals surface area contributed by atoms with E-state index in [1.165, 1.54) is 10.6 Å². The fourth-order valence-corrected chi connectivity index (χ4v) is 5.13. The molecule has 132 valence electrons. The number of benzene rings is 1. The van der Waals surface area contributed by atoms with Crippen molar-refractivity contribution in [1.29, 1.82) is 0 Å². The molecule has 7 heteroatoms. The summed E-state index contributed by atoms with van der Waals surface area (Å²) in [6.45, 7) is 5.22. The second-order valence-corrected chi connectivity index (χ2v) is 8.94. The monoisotopic (exact) mass is 352 g/mol. The van der Waals surface area contributed by atoms with Gasteiger partial charge in [-0.1, -0.05) is 6.92 Å². The van der Waals surface area contributed by atoms with E-state index in [1.807, 2.05) is 19.9 Å². The Kier molecular flexibility index (Phi) is 4.34. The first kappa shape index (κ1) is 17.2. The van der Waals surface area contributed by atoms with E-state index >= 15 is 0 Å². The van der Waals surface area contributed by atoms with Gasteiger partial charge in [0.15, 0.2) is 0 Å². The van der Waals surface area contributed by atoms with E-state index < -0.39 is 10.0 Å². The second-order valence-electron chi connectivity index (χ2n) is 7.09. The van der Waals surface area contributed by atoms with E-state index in [9.17, 15) is 18.3 Å². The van der Waals surface area contributed by atoms with Crippen LogP contribution in [0.15, 0.2) is 18.2 Å². The highest BCUT2D eigenvalue weighted by Crippen LogP contribution is 2.35. The molecule has 0 aromatic heterocycles. The summed E-state index contributed by atoms with van der Waals surface area (Å²) in [6.07, 6.45) is 1.82. The van der Waals surface area contributed by atoms with Gasteiger partial charge in [-0.15, -0.1) is 0 Å². The van der Waals surface area contributed by atoms with Gasteiger partial charge in [0.2, 0.25) is 10.0 Å². The lowest BCUT2D eigenvalue weighted by Gasteiger charge is -2.22. The molecule has 2 heterocycles. The van der Waals surface area contributed by atoms with E-state index in [1.54, 1.807) is 17.0 Å². The Morgan fingerprint density at radius 3 is 2.58 bits per heavy atom. The molecular weight excluding hydrogens is 328 g/mol. The van der Waals surface area contributed by atoms with Crippen LogP contribution in [0.3, 0.4) is 0 Å². The maximum absolute atomic E-state index is 12.7. The molecule has 1 N–H and O–H groups in total. The Balaban J connectivity index is 1.86. The Morgan fingerprint density at radius 2 is 2.00 bits per heavy atom. The smallest absolute Gasteiger partial charge is 0.253 e. The van der Waals surface area contributed by atoms with Gasteiger partial charge in [-0.25, -0.2) is 8.42 Å². The SMILES string of the molecule is CC1Cc2cc(C(=O)N3C[C@@H](CO)[C@H](C)C3)ccc2N1S(C)(=O)=O. The van der Waals surface area contributed by atoms with Gasteiger partial charge in [0.05, 0.1) is 11.9 Å². The first-order valence-corrected chi connectivity index (χ1v) is 10.1. The Morgan fingerprint density at radius 1 is 1.29 bits per heavy atom. The van der Waals surface area contributed by atoms with Gasteiger partial charge >= 0.3 is 0 Å². The lowest BCUT2D eigenvalue weighted by atomic mass is 10.00. The predicted molar refractivity (Wildman–Crippen MR) is 92.6 cm³/mol. The third kappa shape index (κ3) is 2.91. The maximum atomic E-state index is 12.7. The fraction of sp³-hybridized carbons (Fsp3) is 0.588. The minimum atomic E-state index is -3.32. The number of likely N-dealkylation sites (tertiary alicyclic amines) is 1. The van der Waals surface area contributed by atoms with E-state index in [4.69, 9.17) is 0 Å². The molecule has 1 aromatic rings. The van der Waals surface area contributed by atoms with Crippen LogP contribution in [0.25, 0.3) is 0 Å². The van der Waals surface area contributed by atoms with Crippen molar-refractivity contribution in [3.8, 4) is 0 Å². The van der Waals surface area contributed by atoms with Crippen LogP contribution in [0.2, 0.25) is 0 Å². The number of anilines is 1. The molecule has 2 aliphatic heterocycles. The molecule has 3 atom stereocenters. The standard InChI is InChI=1S/C17H24N2O4S/c1-11-8-18(9-15(11)10-20)17(21)13-4-5-16-14(7-13)6-12(2)19(16)24(3,22)23/h4-5,7,11-12,15,20H,6,8-10H2,1-3H3/t11-,12?,15+/m1/s1. The Bertz CT molecular complexity index is 762. The van der Waals surface area contributed by atoms with Crippen molar-refractivity contribution < 1.29 is 18.3 Å². The molecule has 0 spiro atoms. The van der Waals surface area contributed by atoms with Crippen LogP contribution in [0.4, 0.5) is 5.69 Å². The number of hydrogen-bond acceptors (Lipinski definition) is 4. The maximum Gasteiger partial charge on any atom is 0.253 e. The minimum absolute atomic E-state index is 0.0499. The van der Waals surface area contributed by atoms with E-state index in [-0.39, 0.29) is 30.4 Å². The molecule has 0 radical (unpaired) electrons. The average Bonchev–Trinajstić information content (AvgIpc) is 3.03. The molecule has 0 bridgehead atoms. The lowest BCUT2D eigenvalue weighted by Crippen LogP contribution is -2.34. The third-order valence-electron chi connectivity index (χ3n) is 5.13. The molecule has 1 aromatic carbocycles. The van der Waals surface area contributed by atoms with Crippen molar-refractivity contribution >= 4 is 21.6 Å². The van der Waals surface area contributed by atoms with E-state index in [2.05, 4.69) is 0 Å². The van der Waals surface area contributed by atoms with Crippen LogP contribution in [0.1, 0.15) is 29.8 Å². The summed E-state index contributed by atoms with van der Waals surface area (Å²) >= 11 is 0. The normalized spacial score (nSPS) is 26.8. The first-order chi connectivity index (χ1) is 11.2. The van der Waals surface area contributed by atoms with Crippen molar-refractivity contribution in [2.24, 2.45) is 11.8 Å². The molecule has 0 saturated carbocycles. The molecule has 6 nitrogen and oxygen atoms in total. The van der Waals surface area contributed by atoms with Crippen LogP contribution in [0, 0.1) is 11.8 Å². The summed E-state index contributed by atoms with van der Waals surface area (Å²) in [5, 5.41) is 9.37. The second kappa shape index (κ2) is 6.04. The zero-order chi connectivity index (χ0) is 17.6. The molecule has 3 rings (SSSR count). The van der Waals surface area contributed by atoms with Crippen LogP contribution >= 0.6 is 0 Å². The zero-order valence-corrected chi connectivity index (χ0v) is 15.1. The van der Waals surface area contributed by atoms with Gasteiger partial charge < -0.3 is 10.0 Å². The lowest BCUT2D eigenvalue weighted by molar-refractivity contribution is 0.0780. The molecule has 1 saturated heterocycles. The number of rotatable bonds is 3. The van der Waals surface area contributed by atoms with Crippen molar-refractivity contribution in [2.45, 2.75) is 26.3 Å². The van der Waals surface area contributed by atoms with Crippen molar-refractivity contribution in [3.05, 3.63) is 29.3 Å². The van der Waals surface area contributed by atoms with Crippen LogP contribution < -0.4 is 4.31 Å². The topological polar surface area (TPSA) is 77.9 Å². The summed E-state index contributed by atoms with van der Waals surface area (Å²) in [4.78, 5) is 14.5. The molecule has 24 heavy (non-hydrogen) atoms. The zero-order valence-electron chi connectivity index (χ0n) is 14.3. The molecule has 0 aliphatic carbocycles. The summed E-state index contributed by atoms with van der Waals surface area (Å²) in [6, 6.07) is 5.12. The summed E-state index contributed by atoms with van der Waals surface area (Å²) in [7, 11) is -3.32. The number of carbonyl (C=O) groups excluding carboxylic acids is 1. The van der Waals surface area contributed by atoms with Crippen LogP contribution in [-0.4, -0.2) is 56.3 Å². The number of amides is 1. The van der Waals surface area contributed by atoms with Crippen molar-refractivity contribution in [2.75, 3.05) is 30.3 Å². The summed E-state index contributed by atoms with van der Waals surface area (Å²) in [5.74, 6) is 0.365. The van der Waals surface area contributed by atoms with E-state index in [0.717, 1.165) is 5.56 Å². The van der Waals surface area contributed by atoms with Gasteiger partial charge in [0.25, 0.3) is 5.91 Å². The average molecular weight is 352 g/mol. The van der Waals surface area contributed by atoms with Gasteiger partial charge in [-0.05, 0) is 43.0 Å². The summed E-state index contributed by atoms with van der Waals surface area (Å²) < 4.78 is 25.4. The third-order valence-corrected chi connectivity index (χ3v) is 6.40. The van der Waals surface area contributed by atoms with E-state index in [0.29, 0.717) is 30.8 Å². The number of fused-ring (bicyclic) bond motifs is 1. The van der Waals surface area contributed by atoms with Crippen LogP contribution in [-0.2, 0) is 16.4 Å². The Hall–Kier alpha value is -1.60. The molecule has 1 fully saturated rings. The van der Waals surface area contributed by atoms with Gasteiger partial charge in [0, 0.05) is 37.2 Å². The first-order valence-electron chi connectivity index (χ1n) is 8.24.